The lowest BCUT2D eigenvalue weighted by molar-refractivity contribution is -0.153. The Morgan fingerprint density at radius 3 is 2.17 bits per heavy atom. The molecule has 2 aromatic rings. The van der Waals surface area contributed by atoms with Crippen LogP contribution in [0.25, 0.3) is 0 Å². The summed E-state index contributed by atoms with van der Waals surface area (Å²) in [7, 11) is 0. The predicted octanol–water partition coefficient (Wildman–Crippen LogP) is 4.79. The summed E-state index contributed by atoms with van der Waals surface area (Å²) in [5.74, 6) is -1.07. The smallest absolute Gasteiger partial charge is 0.307 e. The molecule has 0 saturated carbocycles. The Kier molecular flexibility index (Phi) is 8.13. The van der Waals surface area contributed by atoms with Gasteiger partial charge in [-0.05, 0) is 43.9 Å². The Morgan fingerprint density at radius 2 is 1.59 bits per heavy atom. The number of Topliss-reactive ketones (excluding diaryl/α,β-unsaturated/α-hetero) is 1. The van der Waals surface area contributed by atoms with Crippen molar-refractivity contribution in [3.8, 4) is 0 Å². The van der Waals surface area contributed by atoms with Crippen LogP contribution in [0.3, 0.4) is 0 Å². The van der Waals surface area contributed by atoms with E-state index in [2.05, 4.69) is 12.2 Å². The highest BCUT2D eigenvalue weighted by Gasteiger charge is 2.20. The van der Waals surface area contributed by atoms with Gasteiger partial charge in [-0.1, -0.05) is 55.8 Å². The average molecular weight is 395 g/mol. The van der Waals surface area contributed by atoms with Gasteiger partial charge in [0.15, 0.2) is 11.9 Å². The van der Waals surface area contributed by atoms with Gasteiger partial charge in [0.05, 0.1) is 6.42 Å². The predicted molar refractivity (Wildman–Crippen MR) is 114 cm³/mol. The summed E-state index contributed by atoms with van der Waals surface area (Å²) in [5.41, 5.74) is 4.37. The maximum Gasteiger partial charge on any atom is 0.307 e. The molecule has 0 aromatic heterocycles. The van der Waals surface area contributed by atoms with E-state index in [-0.39, 0.29) is 18.6 Å². The Morgan fingerprint density at radius 1 is 0.966 bits per heavy atom. The van der Waals surface area contributed by atoms with Gasteiger partial charge in [-0.2, -0.15) is 0 Å². The van der Waals surface area contributed by atoms with Gasteiger partial charge >= 0.3 is 5.97 Å². The molecule has 5 nitrogen and oxygen atoms in total. The molecule has 5 heteroatoms. The fraction of sp³-hybridized carbons (Fsp3) is 0.375. The maximum absolute atomic E-state index is 12.3. The second-order valence-corrected chi connectivity index (χ2v) is 7.26. The minimum absolute atomic E-state index is 0.0528. The van der Waals surface area contributed by atoms with Crippen LogP contribution in [0.5, 0.6) is 0 Å². The largest absolute Gasteiger partial charge is 0.453 e. The van der Waals surface area contributed by atoms with Crippen LogP contribution in [-0.2, 0) is 20.7 Å². The first-order valence-corrected chi connectivity index (χ1v) is 10.0. The quantitative estimate of drug-likeness (QED) is 0.489. The third-order valence-electron chi connectivity index (χ3n) is 4.78. The molecule has 1 amide bonds. The van der Waals surface area contributed by atoms with Gasteiger partial charge in [-0.25, -0.2) is 0 Å². The first-order chi connectivity index (χ1) is 13.8. The topological polar surface area (TPSA) is 72.5 Å². The van der Waals surface area contributed by atoms with E-state index in [1.807, 2.05) is 44.2 Å². The number of hydrogen-bond acceptors (Lipinski definition) is 4. The van der Waals surface area contributed by atoms with Gasteiger partial charge in [-0.15, -0.1) is 0 Å². The Balaban J connectivity index is 1.83. The molecule has 29 heavy (non-hydrogen) atoms. The second-order valence-electron chi connectivity index (χ2n) is 7.26. The van der Waals surface area contributed by atoms with E-state index in [4.69, 9.17) is 4.74 Å². The van der Waals surface area contributed by atoms with E-state index in [9.17, 15) is 14.4 Å². The number of amides is 1. The lowest BCUT2D eigenvalue weighted by atomic mass is 10.0. The van der Waals surface area contributed by atoms with Gasteiger partial charge in [0.1, 0.15) is 0 Å². The molecule has 0 heterocycles. The van der Waals surface area contributed by atoms with E-state index >= 15 is 0 Å². The normalized spacial score (nSPS) is 11.6. The summed E-state index contributed by atoms with van der Waals surface area (Å²) in [6.45, 7) is 7.43. The van der Waals surface area contributed by atoms with Gasteiger partial charge in [0.2, 0.25) is 0 Å². The van der Waals surface area contributed by atoms with Crippen LogP contribution >= 0.6 is 0 Å². The number of ketones is 1. The van der Waals surface area contributed by atoms with Gasteiger partial charge in [0, 0.05) is 17.7 Å². The zero-order valence-corrected chi connectivity index (χ0v) is 17.6. The molecule has 2 rings (SSSR count). The van der Waals surface area contributed by atoms with Crippen LogP contribution in [0.1, 0.15) is 60.2 Å². The molecule has 1 N–H and O–H groups in total. The number of carbonyl (C=O) groups is 3. The third-order valence-corrected chi connectivity index (χ3v) is 4.78. The number of aryl methyl sites for hydroxylation is 3. The Hall–Kier alpha value is -2.95. The first kappa shape index (κ1) is 22.3. The van der Waals surface area contributed by atoms with E-state index in [0.717, 1.165) is 29.7 Å². The van der Waals surface area contributed by atoms with Crippen LogP contribution in [0.2, 0.25) is 0 Å². The minimum atomic E-state index is -0.940. The van der Waals surface area contributed by atoms with Crippen molar-refractivity contribution in [3.63, 3.8) is 0 Å². The molecule has 1 atom stereocenters. The number of anilines is 1. The average Bonchev–Trinajstić information content (AvgIpc) is 2.69. The van der Waals surface area contributed by atoms with Crippen molar-refractivity contribution in [3.05, 3.63) is 64.7 Å². The van der Waals surface area contributed by atoms with E-state index in [1.54, 1.807) is 12.1 Å². The summed E-state index contributed by atoms with van der Waals surface area (Å²) in [6, 6.07) is 13.2. The maximum atomic E-state index is 12.3. The zero-order chi connectivity index (χ0) is 21.4. The Bertz CT molecular complexity index is 851. The number of hydrogen-bond donors (Lipinski definition) is 1. The van der Waals surface area contributed by atoms with Gasteiger partial charge in [-0.3, -0.25) is 14.4 Å². The lowest BCUT2D eigenvalue weighted by Crippen LogP contribution is -2.30. The summed E-state index contributed by atoms with van der Waals surface area (Å²) >= 11 is 0. The van der Waals surface area contributed by atoms with Crippen molar-refractivity contribution in [2.24, 2.45) is 0 Å². The van der Waals surface area contributed by atoms with Gasteiger partial charge < -0.3 is 10.1 Å². The molecule has 0 aliphatic rings. The van der Waals surface area contributed by atoms with E-state index in [0.29, 0.717) is 5.56 Å². The number of esters is 1. The van der Waals surface area contributed by atoms with Crippen LogP contribution in [-0.4, -0.2) is 23.8 Å². The van der Waals surface area contributed by atoms with Crippen LogP contribution in [0.4, 0.5) is 5.69 Å². The molecule has 0 fully saturated rings. The first-order valence-electron chi connectivity index (χ1n) is 10.0. The number of carbonyl (C=O) groups excluding carboxylic acids is 3. The van der Waals surface area contributed by atoms with Crippen molar-refractivity contribution in [2.75, 3.05) is 5.32 Å². The fourth-order valence-corrected chi connectivity index (χ4v) is 3.05. The molecule has 2 aromatic carbocycles. The number of para-hydroxylation sites is 1. The number of ether oxygens (including phenoxy) is 1. The zero-order valence-electron chi connectivity index (χ0n) is 17.6. The van der Waals surface area contributed by atoms with Crippen molar-refractivity contribution in [1.82, 2.24) is 0 Å². The Labute approximate surface area is 172 Å². The second kappa shape index (κ2) is 10.6. The highest BCUT2D eigenvalue weighted by atomic mass is 16.5. The van der Waals surface area contributed by atoms with Crippen LogP contribution in [0.15, 0.2) is 42.5 Å². The number of benzene rings is 2. The van der Waals surface area contributed by atoms with Crippen molar-refractivity contribution in [1.29, 1.82) is 0 Å². The highest BCUT2D eigenvalue weighted by Crippen LogP contribution is 2.20. The standard InChI is InChI=1S/C24H29NO4/c1-5-7-19-10-12-20(13-11-19)21(26)14-15-22(27)29-18(4)24(28)25-23-16(2)8-6-9-17(23)3/h6,8-13,18H,5,7,14-15H2,1-4H3,(H,25,28)/t18-/m0/s1. The van der Waals surface area contributed by atoms with E-state index in [1.165, 1.54) is 12.5 Å². The molecule has 154 valence electrons. The molecular weight excluding hydrogens is 366 g/mol. The summed E-state index contributed by atoms with van der Waals surface area (Å²) in [5, 5.41) is 2.81. The number of rotatable bonds is 9. The molecular formula is C24H29NO4. The highest BCUT2D eigenvalue weighted by molar-refractivity contribution is 5.98. The SMILES string of the molecule is CCCc1ccc(C(=O)CCC(=O)O[C@@H](C)C(=O)Nc2c(C)cccc2C)cc1. The molecule has 0 spiro atoms. The number of nitrogens with one attached hydrogen (secondary N) is 1. The summed E-state index contributed by atoms with van der Waals surface area (Å²) in [4.78, 5) is 36.7. The third kappa shape index (κ3) is 6.56. The van der Waals surface area contributed by atoms with Crippen molar-refractivity contribution >= 4 is 23.3 Å². The van der Waals surface area contributed by atoms with Crippen molar-refractivity contribution in [2.45, 2.75) is 59.5 Å². The molecule has 0 saturated heterocycles. The molecule has 0 bridgehead atoms. The van der Waals surface area contributed by atoms with Gasteiger partial charge in [0.25, 0.3) is 5.91 Å². The molecule has 0 radical (unpaired) electrons. The van der Waals surface area contributed by atoms with Crippen LogP contribution in [0, 0.1) is 13.8 Å². The fourth-order valence-electron chi connectivity index (χ4n) is 3.05. The molecule has 0 aliphatic carbocycles. The lowest BCUT2D eigenvalue weighted by Gasteiger charge is -2.16. The molecule has 0 aliphatic heterocycles. The molecule has 0 unspecified atom stereocenters. The van der Waals surface area contributed by atoms with Crippen LogP contribution < -0.4 is 5.32 Å². The monoisotopic (exact) mass is 395 g/mol. The minimum Gasteiger partial charge on any atom is -0.453 e. The summed E-state index contributed by atoms with van der Waals surface area (Å²) in [6.07, 6.45) is 1.08. The van der Waals surface area contributed by atoms with Crippen molar-refractivity contribution < 1.29 is 19.1 Å². The van der Waals surface area contributed by atoms with E-state index < -0.39 is 18.0 Å². The summed E-state index contributed by atoms with van der Waals surface area (Å²) < 4.78 is 5.20.